The molecule has 1 aromatic heterocycles. The second-order valence-corrected chi connectivity index (χ2v) is 11.3. The van der Waals surface area contributed by atoms with Crippen molar-refractivity contribution in [3.05, 3.63) is 111 Å². The molecule has 212 valence electrons. The van der Waals surface area contributed by atoms with Gasteiger partial charge in [0.2, 0.25) is 11.1 Å². The first kappa shape index (κ1) is 29.0. The Kier molecular flexibility index (Phi) is 9.54. The van der Waals surface area contributed by atoms with Crippen molar-refractivity contribution in [1.29, 1.82) is 0 Å². The molecule has 0 spiro atoms. The van der Waals surface area contributed by atoms with Crippen molar-refractivity contribution >= 4 is 46.9 Å². The quantitative estimate of drug-likeness (QED) is 0.105. The minimum atomic E-state index is -0.564. The van der Waals surface area contributed by atoms with Crippen molar-refractivity contribution in [2.75, 3.05) is 11.9 Å². The molecule has 3 aromatic carbocycles. The molecule has 4 aromatic rings. The Bertz CT molecular complexity index is 1570. The minimum absolute atomic E-state index is 0.313. The molecule has 1 atom stereocenters. The van der Waals surface area contributed by atoms with Crippen LogP contribution in [0, 0.1) is 0 Å². The summed E-state index contributed by atoms with van der Waals surface area (Å²) in [6.45, 7) is 4.58. The standard InChI is InChI=1S/C31H30Cl2N4O3S/c1-3-4-16-39-29(38)27-20(2)34-30-35-31(41-19-23-11-6-8-15-26(23)33)36-37(30)28(27)21-12-9-13-24(17-21)40-18-22-10-5-7-14-25(22)32/h5-15,17,28H,3-4,16,18-19H2,1-2H3,(H,34,35,36). The van der Waals surface area contributed by atoms with E-state index in [4.69, 9.17) is 42.8 Å². The fraction of sp³-hybridized carbons (Fsp3) is 0.258. The van der Waals surface area contributed by atoms with Gasteiger partial charge < -0.3 is 14.8 Å². The summed E-state index contributed by atoms with van der Waals surface area (Å²) in [5.41, 5.74) is 3.84. The van der Waals surface area contributed by atoms with Crippen molar-refractivity contribution in [2.45, 2.75) is 50.2 Å². The number of nitrogens with one attached hydrogen (secondary N) is 1. The second kappa shape index (κ2) is 13.5. The lowest BCUT2D eigenvalue weighted by Crippen LogP contribution is -2.29. The number of anilines is 1. The highest BCUT2D eigenvalue weighted by Crippen LogP contribution is 2.38. The molecule has 1 aliphatic heterocycles. The first-order valence-corrected chi connectivity index (χ1v) is 15.1. The summed E-state index contributed by atoms with van der Waals surface area (Å²) in [4.78, 5) is 18.1. The lowest BCUT2D eigenvalue weighted by Gasteiger charge is -2.28. The van der Waals surface area contributed by atoms with Crippen LogP contribution in [0.3, 0.4) is 0 Å². The van der Waals surface area contributed by atoms with Crippen molar-refractivity contribution in [1.82, 2.24) is 14.8 Å². The number of thioether (sulfide) groups is 1. The van der Waals surface area contributed by atoms with Gasteiger partial charge in [0.1, 0.15) is 18.4 Å². The average molecular weight is 610 g/mol. The van der Waals surface area contributed by atoms with E-state index in [1.165, 1.54) is 11.8 Å². The number of hydrogen-bond acceptors (Lipinski definition) is 7. The van der Waals surface area contributed by atoms with E-state index in [2.05, 4.69) is 12.2 Å². The summed E-state index contributed by atoms with van der Waals surface area (Å²) in [5.74, 6) is 1.41. The van der Waals surface area contributed by atoms with Gasteiger partial charge in [-0.2, -0.15) is 4.98 Å². The third-order valence-corrected chi connectivity index (χ3v) is 8.25. The highest BCUT2D eigenvalue weighted by Gasteiger charge is 2.35. The number of aromatic nitrogens is 3. The Morgan fingerprint density at radius 3 is 2.49 bits per heavy atom. The van der Waals surface area contributed by atoms with Crippen LogP contribution in [0.1, 0.15) is 49.4 Å². The molecule has 0 bridgehead atoms. The summed E-state index contributed by atoms with van der Waals surface area (Å²) in [7, 11) is 0. The van der Waals surface area contributed by atoms with Crippen molar-refractivity contribution in [2.24, 2.45) is 0 Å². The first-order valence-electron chi connectivity index (χ1n) is 13.4. The third-order valence-electron chi connectivity index (χ3n) is 6.62. The van der Waals surface area contributed by atoms with E-state index in [1.54, 1.807) is 4.68 Å². The molecule has 7 nitrogen and oxygen atoms in total. The molecule has 1 unspecified atom stereocenters. The Labute approximate surface area is 253 Å². The predicted molar refractivity (Wildman–Crippen MR) is 164 cm³/mol. The number of fused-ring (bicyclic) bond motifs is 1. The van der Waals surface area contributed by atoms with Crippen LogP contribution in [-0.4, -0.2) is 27.3 Å². The van der Waals surface area contributed by atoms with Crippen LogP contribution < -0.4 is 10.1 Å². The number of halogens is 2. The normalized spacial score (nSPS) is 14.4. The molecule has 1 N–H and O–H groups in total. The van der Waals surface area contributed by atoms with E-state index >= 15 is 0 Å². The van der Waals surface area contributed by atoms with E-state index in [9.17, 15) is 4.79 Å². The zero-order chi connectivity index (χ0) is 28.8. The molecule has 41 heavy (non-hydrogen) atoms. The minimum Gasteiger partial charge on any atom is -0.489 e. The van der Waals surface area contributed by atoms with Gasteiger partial charge in [0.05, 0.1) is 12.2 Å². The molecule has 2 heterocycles. The highest BCUT2D eigenvalue weighted by molar-refractivity contribution is 7.98. The van der Waals surface area contributed by atoms with Crippen molar-refractivity contribution in [3.8, 4) is 5.75 Å². The van der Waals surface area contributed by atoms with Gasteiger partial charge in [0, 0.05) is 27.1 Å². The summed E-state index contributed by atoms with van der Waals surface area (Å²) >= 11 is 14.2. The molecule has 0 saturated carbocycles. The van der Waals surface area contributed by atoms with Crippen LogP contribution in [-0.2, 0) is 21.9 Å². The number of nitrogens with zero attached hydrogens (tertiary/aromatic N) is 3. The Morgan fingerprint density at radius 2 is 1.76 bits per heavy atom. The molecule has 0 saturated heterocycles. The third kappa shape index (κ3) is 6.89. The molecule has 0 fully saturated rings. The van der Waals surface area contributed by atoms with Gasteiger partial charge in [0.25, 0.3) is 0 Å². The summed E-state index contributed by atoms with van der Waals surface area (Å²) < 4.78 is 13.5. The number of rotatable bonds is 11. The number of carbonyl (C=O) groups excluding carboxylic acids is 1. The van der Waals surface area contributed by atoms with E-state index < -0.39 is 6.04 Å². The van der Waals surface area contributed by atoms with Crippen LogP contribution >= 0.6 is 35.0 Å². The number of ether oxygens (including phenoxy) is 2. The summed E-state index contributed by atoms with van der Waals surface area (Å²) in [6, 6.07) is 22.4. The zero-order valence-corrected chi connectivity index (χ0v) is 25.1. The predicted octanol–water partition coefficient (Wildman–Crippen LogP) is 8.09. The lowest BCUT2D eigenvalue weighted by atomic mass is 9.95. The van der Waals surface area contributed by atoms with E-state index in [-0.39, 0.29) is 5.97 Å². The number of carbonyl (C=O) groups is 1. The summed E-state index contributed by atoms with van der Waals surface area (Å²) in [5, 5.41) is 9.98. The fourth-order valence-corrected chi connectivity index (χ4v) is 5.77. The van der Waals surface area contributed by atoms with Gasteiger partial charge in [-0.3, -0.25) is 0 Å². The molecular weight excluding hydrogens is 579 g/mol. The molecular formula is C31H30Cl2N4O3S. The number of benzene rings is 3. The van der Waals surface area contributed by atoms with Gasteiger partial charge in [-0.1, -0.05) is 96.8 Å². The van der Waals surface area contributed by atoms with Gasteiger partial charge in [-0.15, -0.1) is 5.10 Å². The number of hydrogen-bond donors (Lipinski definition) is 1. The molecule has 0 amide bonds. The maximum absolute atomic E-state index is 13.4. The molecule has 5 rings (SSSR count). The van der Waals surface area contributed by atoms with Crippen LogP contribution in [0.5, 0.6) is 5.75 Å². The summed E-state index contributed by atoms with van der Waals surface area (Å²) in [6.07, 6.45) is 1.72. The van der Waals surface area contributed by atoms with E-state index in [1.807, 2.05) is 79.7 Å². The van der Waals surface area contributed by atoms with Crippen LogP contribution in [0.4, 0.5) is 5.95 Å². The Hall–Kier alpha value is -3.46. The van der Waals surface area contributed by atoms with Gasteiger partial charge in [-0.25, -0.2) is 9.48 Å². The van der Waals surface area contributed by atoms with E-state index in [0.717, 1.165) is 29.5 Å². The number of unbranched alkanes of at least 4 members (excludes halogenated alkanes) is 1. The van der Waals surface area contributed by atoms with Crippen molar-refractivity contribution < 1.29 is 14.3 Å². The monoisotopic (exact) mass is 608 g/mol. The van der Waals surface area contributed by atoms with Crippen molar-refractivity contribution in [3.63, 3.8) is 0 Å². The Morgan fingerprint density at radius 1 is 1.02 bits per heavy atom. The van der Waals surface area contributed by atoms with Crippen LogP contribution in [0.15, 0.2) is 89.2 Å². The largest absolute Gasteiger partial charge is 0.489 e. The van der Waals surface area contributed by atoms with Gasteiger partial charge in [0.15, 0.2) is 0 Å². The maximum atomic E-state index is 13.4. The molecule has 0 aliphatic carbocycles. The average Bonchev–Trinajstić information content (AvgIpc) is 3.38. The second-order valence-electron chi connectivity index (χ2n) is 9.55. The van der Waals surface area contributed by atoms with Crippen LogP contribution in [0.2, 0.25) is 10.0 Å². The SMILES string of the molecule is CCCCOC(=O)C1=C(C)Nc2nc(SCc3ccccc3Cl)nn2C1c1cccc(OCc2ccccc2Cl)c1. The lowest BCUT2D eigenvalue weighted by molar-refractivity contribution is -0.139. The topological polar surface area (TPSA) is 78.3 Å². The first-order chi connectivity index (χ1) is 19.9. The smallest absolute Gasteiger partial charge is 0.338 e. The fourth-order valence-electron chi connectivity index (χ4n) is 4.46. The van der Waals surface area contributed by atoms with Crippen LogP contribution in [0.25, 0.3) is 0 Å². The van der Waals surface area contributed by atoms with E-state index in [0.29, 0.717) is 57.1 Å². The van der Waals surface area contributed by atoms with Gasteiger partial charge in [-0.05, 0) is 48.7 Å². The Balaban J connectivity index is 1.46. The maximum Gasteiger partial charge on any atom is 0.338 e. The highest BCUT2D eigenvalue weighted by atomic mass is 35.5. The number of esters is 1. The molecule has 1 aliphatic rings. The number of allylic oxidation sites excluding steroid dienone is 1. The zero-order valence-electron chi connectivity index (χ0n) is 22.8. The van der Waals surface area contributed by atoms with Gasteiger partial charge >= 0.3 is 5.97 Å². The molecule has 0 radical (unpaired) electrons. The molecule has 10 heteroatoms.